The van der Waals surface area contributed by atoms with Crippen LogP contribution in [0.2, 0.25) is 0 Å². The highest BCUT2D eigenvalue weighted by Crippen LogP contribution is 2.24. The highest BCUT2D eigenvalue weighted by Gasteiger charge is 2.10. The molecule has 0 spiro atoms. The van der Waals surface area contributed by atoms with Crippen LogP contribution in [-0.4, -0.2) is 12.5 Å². The van der Waals surface area contributed by atoms with Crippen LogP contribution in [-0.2, 0) is 12.3 Å². The average Bonchev–Trinajstić information content (AvgIpc) is 2.26. The molecular formula is C11H12Cl2F2O. The number of hydrogen-bond acceptors (Lipinski definition) is 1. The quantitative estimate of drug-likeness (QED) is 0.703. The van der Waals surface area contributed by atoms with Crippen molar-refractivity contribution in [2.45, 2.75) is 25.3 Å². The van der Waals surface area contributed by atoms with Crippen LogP contribution in [0.15, 0.2) is 18.2 Å². The van der Waals surface area contributed by atoms with Crippen molar-refractivity contribution < 1.29 is 13.5 Å². The van der Waals surface area contributed by atoms with E-state index in [4.69, 9.17) is 23.2 Å². The smallest absolute Gasteiger partial charge is 0.387 e. The van der Waals surface area contributed by atoms with Gasteiger partial charge in [0.15, 0.2) is 0 Å². The van der Waals surface area contributed by atoms with Gasteiger partial charge in [-0.25, -0.2) is 0 Å². The van der Waals surface area contributed by atoms with Crippen LogP contribution in [0.3, 0.4) is 0 Å². The largest absolute Gasteiger partial charge is 0.435 e. The number of alkyl halides is 4. The van der Waals surface area contributed by atoms with Crippen LogP contribution in [0.4, 0.5) is 8.78 Å². The van der Waals surface area contributed by atoms with Crippen LogP contribution >= 0.6 is 23.2 Å². The summed E-state index contributed by atoms with van der Waals surface area (Å²) in [6.07, 6.45) is 1.34. The Morgan fingerprint density at radius 1 is 1.25 bits per heavy atom. The molecule has 0 radical (unpaired) electrons. The zero-order chi connectivity index (χ0) is 12.0. The van der Waals surface area contributed by atoms with Gasteiger partial charge in [-0.05, 0) is 30.0 Å². The van der Waals surface area contributed by atoms with Crippen molar-refractivity contribution in [3.05, 3.63) is 29.3 Å². The van der Waals surface area contributed by atoms with Gasteiger partial charge in [-0.15, -0.1) is 23.2 Å². The molecule has 1 aromatic rings. The van der Waals surface area contributed by atoms with Gasteiger partial charge >= 0.3 is 6.61 Å². The Bertz CT molecular complexity index is 332. The molecule has 0 amide bonds. The second kappa shape index (κ2) is 6.92. The first-order chi connectivity index (χ1) is 7.67. The Hall–Kier alpha value is -0.540. The maximum absolute atomic E-state index is 12.2. The van der Waals surface area contributed by atoms with Crippen LogP contribution in [0.1, 0.15) is 17.5 Å². The molecule has 1 aromatic carbocycles. The Balaban J connectivity index is 2.87. The van der Waals surface area contributed by atoms with Gasteiger partial charge in [0.05, 0.1) is 0 Å². The fraction of sp³-hybridized carbons (Fsp3) is 0.455. The third-order valence-electron chi connectivity index (χ3n) is 2.08. The van der Waals surface area contributed by atoms with Crippen molar-refractivity contribution in [3.63, 3.8) is 0 Å². The zero-order valence-electron chi connectivity index (χ0n) is 8.56. The monoisotopic (exact) mass is 268 g/mol. The molecule has 0 N–H and O–H groups in total. The fourth-order valence-electron chi connectivity index (χ4n) is 1.35. The summed E-state index contributed by atoms with van der Waals surface area (Å²) in [4.78, 5) is 0. The van der Waals surface area contributed by atoms with E-state index in [9.17, 15) is 8.78 Å². The molecule has 0 fully saturated rings. The minimum Gasteiger partial charge on any atom is -0.435 e. The van der Waals surface area contributed by atoms with Gasteiger partial charge in [0.25, 0.3) is 0 Å². The molecule has 0 aliphatic rings. The predicted octanol–water partition coefficient (Wildman–Crippen LogP) is 4.20. The molecule has 0 saturated heterocycles. The maximum Gasteiger partial charge on any atom is 0.387 e. The molecule has 0 unspecified atom stereocenters. The summed E-state index contributed by atoms with van der Waals surface area (Å²) >= 11 is 11.2. The highest BCUT2D eigenvalue weighted by atomic mass is 35.5. The molecule has 0 aromatic heterocycles. The Morgan fingerprint density at radius 3 is 2.56 bits per heavy atom. The molecule has 0 atom stereocenters. The van der Waals surface area contributed by atoms with E-state index >= 15 is 0 Å². The van der Waals surface area contributed by atoms with Crippen LogP contribution in [0, 0.1) is 0 Å². The number of hydrogen-bond donors (Lipinski definition) is 0. The van der Waals surface area contributed by atoms with E-state index in [1.165, 1.54) is 0 Å². The number of benzene rings is 1. The molecular weight excluding hydrogens is 257 g/mol. The van der Waals surface area contributed by atoms with Gasteiger partial charge in [-0.3, -0.25) is 0 Å². The summed E-state index contributed by atoms with van der Waals surface area (Å²) in [7, 11) is 0. The van der Waals surface area contributed by atoms with Crippen LogP contribution < -0.4 is 4.74 Å². The van der Waals surface area contributed by atoms with Gasteiger partial charge in [0.1, 0.15) is 5.75 Å². The van der Waals surface area contributed by atoms with E-state index in [1.54, 1.807) is 18.2 Å². The predicted molar refractivity (Wildman–Crippen MR) is 61.7 cm³/mol. The molecule has 90 valence electrons. The summed E-state index contributed by atoms with van der Waals surface area (Å²) in [5.74, 6) is 0.957. The van der Waals surface area contributed by atoms with E-state index < -0.39 is 6.61 Å². The second-order valence-electron chi connectivity index (χ2n) is 3.25. The average molecular weight is 269 g/mol. The highest BCUT2D eigenvalue weighted by molar-refractivity contribution is 6.17. The summed E-state index contributed by atoms with van der Waals surface area (Å²) in [6, 6.07) is 5.10. The van der Waals surface area contributed by atoms with Crippen molar-refractivity contribution >= 4 is 23.2 Å². The number of ether oxygens (including phenoxy) is 1. The normalized spacial score (nSPS) is 10.8. The third kappa shape index (κ3) is 4.14. The molecule has 1 nitrogen and oxygen atoms in total. The van der Waals surface area contributed by atoms with Crippen molar-refractivity contribution in [3.8, 4) is 5.75 Å². The summed E-state index contributed by atoms with van der Waals surface area (Å²) < 4.78 is 28.8. The molecule has 0 aliphatic heterocycles. The summed E-state index contributed by atoms with van der Waals surface area (Å²) in [6.45, 7) is -2.82. The summed E-state index contributed by atoms with van der Waals surface area (Å²) in [5, 5.41) is 0. The van der Waals surface area contributed by atoms with E-state index in [-0.39, 0.29) is 11.6 Å². The molecule has 16 heavy (non-hydrogen) atoms. The lowest BCUT2D eigenvalue weighted by Crippen LogP contribution is -2.05. The first-order valence-electron chi connectivity index (χ1n) is 4.86. The van der Waals surface area contributed by atoms with Crippen molar-refractivity contribution in [2.75, 3.05) is 5.88 Å². The Morgan fingerprint density at radius 2 is 2.00 bits per heavy atom. The van der Waals surface area contributed by atoms with Gasteiger partial charge in [-0.2, -0.15) is 8.78 Å². The topological polar surface area (TPSA) is 9.23 Å². The fourth-order valence-corrected chi connectivity index (χ4v) is 1.65. The molecule has 0 bridgehead atoms. The lowest BCUT2D eigenvalue weighted by molar-refractivity contribution is -0.0504. The Kier molecular flexibility index (Phi) is 5.85. The van der Waals surface area contributed by atoms with Gasteiger partial charge in [-0.1, -0.05) is 12.1 Å². The summed E-state index contributed by atoms with van der Waals surface area (Å²) in [5.41, 5.74) is 1.49. The van der Waals surface area contributed by atoms with Gasteiger partial charge < -0.3 is 4.74 Å². The van der Waals surface area contributed by atoms with Crippen molar-refractivity contribution in [1.82, 2.24) is 0 Å². The Labute approximate surface area is 103 Å². The first-order valence-corrected chi connectivity index (χ1v) is 5.92. The van der Waals surface area contributed by atoms with E-state index in [2.05, 4.69) is 4.74 Å². The van der Waals surface area contributed by atoms with Gasteiger partial charge in [0, 0.05) is 11.8 Å². The molecule has 0 saturated carbocycles. The SMILES string of the molecule is FC(F)Oc1cc(CCl)ccc1CCCCl. The third-order valence-corrected chi connectivity index (χ3v) is 2.66. The number of halogens is 4. The number of aryl methyl sites for hydroxylation is 1. The maximum atomic E-state index is 12.2. The van der Waals surface area contributed by atoms with Crippen molar-refractivity contribution in [2.24, 2.45) is 0 Å². The minimum atomic E-state index is -2.82. The lowest BCUT2D eigenvalue weighted by atomic mass is 10.1. The van der Waals surface area contributed by atoms with E-state index in [0.29, 0.717) is 12.3 Å². The van der Waals surface area contributed by atoms with E-state index in [1.807, 2.05) is 0 Å². The second-order valence-corrected chi connectivity index (χ2v) is 3.89. The molecule has 5 heteroatoms. The van der Waals surface area contributed by atoms with Crippen LogP contribution in [0.25, 0.3) is 0 Å². The lowest BCUT2D eigenvalue weighted by Gasteiger charge is -2.11. The molecule has 0 heterocycles. The molecule has 0 aliphatic carbocycles. The first kappa shape index (κ1) is 13.5. The zero-order valence-corrected chi connectivity index (χ0v) is 10.1. The van der Waals surface area contributed by atoms with E-state index in [0.717, 1.165) is 17.5 Å². The standard InChI is InChI=1S/C11H12Cl2F2O/c12-5-1-2-9-4-3-8(7-13)6-10(9)16-11(14)15/h3-4,6,11H,1-2,5,7H2. The minimum absolute atomic E-state index is 0.193. The molecule has 1 rings (SSSR count). The van der Waals surface area contributed by atoms with Gasteiger partial charge in [0.2, 0.25) is 0 Å². The number of rotatable bonds is 6. The van der Waals surface area contributed by atoms with Crippen molar-refractivity contribution in [1.29, 1.82) is 0 Å². The van der Waals surface area contributed by atoms with Crippen LogP contribution in [0.5, 0.6) is 5.75 Å².